The van der Waals surface area contributed by atoms with E-state index in [0.717, 1.165) is 17.0 Å². The quantitative estimate of drug-likeness (QED) is 0.726. The SMILES string of the molecule is C=C(C)COc1cccc(NCC(=O)Nc2ccccc2OC)c1. The number of methoxy groups -OCH3 is 1. The fourth-order valence-corrected chi connectivity index (χ4v) is 2.03. The lowest BCUT2D eigenvalue weighted by atomic mass is 10.3. The Bertz CT molecular complexity index is 713. The molecule has 0 heterocycles. The summed E-state index contributed by atoms with van der Waals surface area (Å²) in [7, 11) is 1.57. The third kappa shape index (κ3) is 5.35. The second-order valence-corrected chi connectivity index (χ2v) is 5.38. The van der Waals surface area contributed by atoms with Gasteiger partial charge in [-0.2, -0.15) is 0 Å². The van der Waals surface area contributed by atoms with Gasteiger partial charge in [0, 0.05) is 11.8 Å². The monoisotopic (exact) mass is 326 g/mol. The summed E-state index contributed by atoms with van der Waals surface area (Å²) in [6, 6.07) is 14.7. The molecule has 0 bridgehead atoms. The van der Waals surface area contributed by atoms with E-state index in [-0.39, 0.29) is 12.5 Å². The molecule has 0 unspecified atom stereocenters. The van der Waals surface area contributed by atoms with Crippen molar-refractivity contribution in [3.05, 3.63) is 60.7 Å². The molecule has 2 aromatic carbocycles. The van der Waals surface area contributed by atoms with E-state index >= 15 is 0 Å². The highest BCUT2D eigenvalue weighted by molar-refractivity contribution is 5.95. The molecular weight excluding hydrogens is 304 g/mol. The average molecular weight is 326 g/mol. The normalized spacial score (nSPS) is 9.92. The van der Waals surface area contributed by atoms with Crippen molar-refractivity contribution in [3.63, 3.8) is 0 Å². The van der Waals surface area contributed by atoms with Crippen LogP contribution in [-0.4, -0.2) is 26.2 Å². The summed E-state index contributed by atoms with van der Waals surface area (Å²) in [5.74, 6) is 1.20. The minimum absolute atomic E-state index is 0.141. The Morgan fingerprint density at radius 3 is 2.71 bits per heavy atom. The Labute approximate surface area is 142 Å². The molecular formula is C19H22N2O3. The van der Waals surface area contributed by atoms with E-state index in [9.17, 15) is 4.79 Å². The molecule has 0 aliphatic rings. The van der Waals surface area contributed by atoms with Gasteiger partial charge in [-0.3, -0.25) is 4.79 Å². The zero-order chi connectivity index (χ0) is 17.4. The molecule has 0 aliphatic heterocycles. The van der Waals surface area contributed by atoms with Gasteiger partial charge < -0.3 is 20.1 Å². The van der Waals surface area contributed by atoms with Crippen molar-refractivity contribution in [1.82, 2.24) is 0 Å². The minimum Gasteiger partial charge on any atom is -0.495 e. The lowest BCUT2D eigenvalue weighted by molar-refractivity contribution is -0.114. The number of ether oxygens (including phenoxy) is 2. The van der Waals surface area contributed by atoms with Gasteiger partial charge in [-0.25, -0.2) is 0 Å². The molecule has 5 nitrogen and oxygen atoms in total. The highest BCUT2D eigenvalue weighted by Crippen LogP contribution is 2.23. The first-order valence-corrected chi connectivity index (χ1v) is 7.62. The Hall–Kier alpha value is -2.95. The Morgan fingerprint density at radius 1 is 1.17 bits per heavy atom. The van der Waals surface area contributed by atoms with E-state index in [1.54, 1.807) is 19.2 Å². The molecule has 5 heteroatoms. The lowest BCUT2D eigenvalue weighted by Gasteiger charge is -2.12. The molecule has 2 N–H and O–H groups in total. The fourth-order valence-electron chi connectivity index (χ4n) is 2.03. The fraction of sp³-hybridized carbons (Fsp3) is 0.211. The van der Waals surface area contributed by atoms with Crippen LogP contribution >= 0.6 is 0 Å². The number of hydrogen-bond acceptors (Lipinski definition) is 4. The van der Waals surface area contributed by atoms with Crippen molar-refractivity contribution in [2.45, 2.75) is 6.92 Å². The minimum atomic E-state index is -0.159. The van der Waals surface area contributed by atoms with E-state index < -0.39 is 0 Å². The van der Waals surface area contributed by atoms with Crippen LogP contribution in [0.15, 0.2) is 60.7 Å². The molecule has 0 aliphatic carbocycles. The number of carbonyl (C=O) groups excluding carboxylic acids is 1. The predicted molar refractivity (Wildman–Crippen MR) is 96.9 cm³/mol. The highest BCUT2D eigenvalue weighted by atomic mass is 16.5. The van der Waals surface area contributed by atoms with Gasteiger partial charge >= 0.3 is 0 Å². The van der Waals surface area contributed by atoms with Crippen LogP contribution in [0.5, 0.6) is 11.5 Å². The van der Waals surface area contributed by atoms with Crippen molar-refractivity contribution < 1.29 is 14.3 Å². The van der Waals surface area contributed by atoms with Crippen molar-refractivity contribution in [1.29, 1.82) is 0 Å². The summed E-state index contributed by atoms with van der Waals surface area (Å²) < 4.78 is 10.8. The Kier molecular flexibility index (Phi) is 6.25. The van der Waals surface area contributed by atoms with E-state index in [2.05, 4.69) is 17.2 Å². The Morgan fingerprint density at radius 2 is 1.96 bits per heavy atom. The number of benzene rings is 2. The van der Waals surface area contributed by atoms with E-state index in [1.807, 2.05) is 43.3 Å². The van der Waals surface area contributed by atoms with Gasteiger partial charge in [-0.05, 0) is 36.8 Å². The largest absolute Gasteiger partial charge is 0.495 e. The van der Waals surface area contributed by atoms with E-state index in [4.69, 9.17) is 9.47 Å². The van der Waals surface area contributed by atoms with Gasteiger partial charge in [0.1, 0.15) is 18.1 Å². The standard InChI is InChI=1S/C19H22N2O3/c1-14(2)13-24-16-8-6-7-15(11-16)20-12-19(22)21-17-9-4-5-10-18(17)23-3/h4-11,20H,1,12-13H2,2-3H3,(H,21,22). The van der Waals surface area contributed by atoms with E-state index in [0.29, 0.717) is 18.0 Å². The first-order chi connectivity index (χ1) is 11.6. The van der Waals surface area contributed by atoms with Crippen molar-refractivity contribution >= 4 is 17.3 Å². The average Bonchev–Trinajstić information content (AvgIpc) is 2.59. The molecule has 24 heavy (non-hydrogen) atoms. The molecule has 2 rings (SSSR count). The van der Waals surface area contributed by atoms with Gasteiger partial charge in [0.25, 0.3) is 0 Å². The van der Waals surface area contributed by atoms with Crippen LogP contribution in [0.2, 0.25) is 0 Å². The third-order valence-corrected chi connectivity index (χ3v) is 3.15. The maximum absolute atomic E-state index is 12.1. The molecule has 0 saturated heterocycles. The number of amides is 1. The summed E-state index contributed by atoms with van der Waals surface area (Å²) in [5.41, 5.74) is 2.40. The van der Waals surface area contributed by atoms with Crippen LogP contribution < -0.4 is 20.1 Å². The second kappa shape index (κ2) is 8.62. The molecule has 126 valence electrons. The van der Waals surface area contributed by atoms with Crippen molar-refractivity contribution in [2.24, 2.45) is 0 Å². The first-order valence-electron chi connectivity index (χ1n) is 7.62. The maximum atomic E-state index is 12.1. The molecule has 0 aromatic heterocycles. The molecule has 0 radical (unpaired) electrons. The Balaban J connectivity index is 1.89. The van der Waals surface area contributed by atoms with E-state index in [1.165, 1.54) is 0 Å². The number of carbonyl (C=O) groups is 1. The van der Waals surface area contributed by atoms with Crippen molar-refractivity contribution in [3.8, 4) is 11.5 Å². The molecule has 0 fully saturated rings. The molecule has 2 aromatic rings. The van der Waals surface area contributed by atoms with Crippen LogP contribution in [0.25, 0.3) is 0 Å². The highest BCUT2D eigenvalue weighted by Gasteiger charge is 2.07. The molecule has 0 saturated carbocycles. The number of para-hydroxylation sites is 2. The first kappa shape index (κ1) is 17.4. The second-order valence-electron chi connectivity index (χ2n) is 5.38. The molecule has 0 atom stereocenters. The summed E-state index contributed by atoms with van der Waals surface area (Å²) in [5, 5.41) is 5.89. The smallest absolute Gasteiger partial charge is 0.243 e. The number of rotatable bonds is 8. The third-order valence-electron chi connectivity index (χ3n) is 3.15. The van der Waals surface area contributed by atoms with Crippen molar-refractivity contribution in [2.75, 3.05) is 30.9 Å². The van der Waals surface area contributed by atoms with Gasteiger partial charge in [0.05, 0.1) is 19.3 Å². The maximum Gasteiger partial charge on any atom is 0.243 e. The molecule has 1 amide bonds. The van der Waals surface area contributed by atoms with Gasteiger partial charge in [0.15, 0.2) is 0 Å². The summed E-state index contributed by atoms with van der Waals surface area (Å²) >= 11 is 0. The summed E-state index contributed by atoms with van der Waals surface area (Å²) in [6.45, 7) is 6.32. The van der Waals surface area contributed by atoms with Crippen LogP contribution in [0.4, 0.5) is 11.4 Å². The van der Waals surface area contributed by atoms with Gasteiger partial charge in [-0.1, -0.05) is 24.8 Å². The van der Waals surface area contributed by atoms with Crippen LogP contribution in [0.1, 0.15) is 6.92 Å². The van der Waals surface area contributed by atoms with Crippen LogP contribution in [-0.2, 0) is 4.79 Å². The topological polar surface area (TPSA) is 59.6 Å². The molecule has 0 spiro atoms. The number of anilines is 2. The number of hydrogen-bond donors (Lipinski definition) is 2. The number of nitrogens with one attached hydrogen (secondary N) is 2. The van der Waals surface area contributed by atoms with Gasteiger partial charge in [-0.15, -0.1) is 0 Å². The van der Waals surface area contributed by atoms with Crippen LogP contribution in [0.3, 0.4) is 0 Å². The zero-order valence-corrected chi connectivity index (χ0v) is 14.0. The van der Waals surface area contributed by atoms with Crippen LogP contribution in [0, 0.1) is 0 Å². The predicted octanol–water partition coefficient (Wildman–Crippen LogP) is 3.70. The lowest BCUT2D eigenvalue weighted by Crippen LogP contribution is -2.22. The summed E-state index contributed by atoms with van der Waals surface area (Å²) in [4.78, 5) is 12.1. The summed E-state index contributed by atoms with van der Waals surface area (Å²) in [6.07, 6.45) is 0. The zero-order valence-electron chi connectivity index (χ0n) is 14.0. The van der Waals surface area contributed by atoms with Gasteiger partial charge in [0.2, 0.25) is 5.91 Å².